The molecule has 6 heteroatoms. The molecule has 0 saturated heterocycles. The average molecular weight is 325 g/mol. The molecule has 5 nitrogen and oxygen atoms in total. The molecule has 2 aromatic heterocycles. The zero-order valence-corrected chi connectivity index (χ0v) is 14.0. The largest absolute Gasteiger partial charge is 0.363 e. The summed E-state index contributed by atoms with van der Waals surface area (Å²) in [4.78, 5) is 12.2. The van der Waals surface area contributed by atoms with Gasteiger partial charge in [0.25, 0.3) is 0 Å². The Bertz CT molecular complexity index is 913. The van der Waals surface area contributed by atoms with Gasteiger partial charge in [0, 0.05) is 17.3 Å². The summed E-state index contributed by atoms with van der Waals surface area (Å²) in [5, 5.41) is 3.29. The van der Waals surface area contributed by atoms with E-state index in [1.165, 1.54) is 18.4 Å². The number of anilines is 1. The molecule has 1 atom stereocenters. The van der Waals surface area contributed by atoms with E-state index in [0.29, 0.717) is 17.6 Å². The first-order valence-electron chi connectivity index (χ1n) is 8.26. The second kappa shape index (κ2) is 5.54. The van der Waals surface area contributed by atoms with Gasteiger partial charge in [0.1, 0.15) is 5.82 Å². The number of aromatic nitrogens is 4. The summed E-state index contributed by atoms with van der Waals surface area (Å²) < 4.78 is 15.7. The minimum atomic E-state index is -0.702. The predicted octanol–water partition coefficient (Wildman–Crippen LogP) is 4.09. The molecule has 0 radical (unpaired) electrons. The van der Waals surface area contributed by atoms with Crippen molar-refractivity contribution in [2.45, 2.75) is 45.7 Å². The fraction of sp³-hybridized carbons (Fsp3) is 0.389. The van der Waals surface area contributed by atoms with E-state index in [9.17, 15) is 4.39 Å². The van der Waals surface area contributed by atoms with E-state index in [0.717, 1.165) is 16.6 Å². The maximum atomic E-state index is 13.5. The predicted molar refractivity (Wildman–Crippen MR) is 91.5 cm³/mol. The van der Waals surface area contributed by atoms with Crippen molar-refractivity contribution in [3.63, 3.8) is 0 Å². The van der Waals surface area contributed by atoms with Gasteiger partial charge >= 0.3 is 6.08 Å². The highest BCUT2D eigenvalue weighted by atomic mass is 19.1. The van der Waals surface area contributed by atoms with E-state index >= 15 is 0 Å². The number of rotatable bonds is 4. The molecule has 0 bridgehead atoms. The first kappa shape index (κ1) is 15.1. The van der Waals surface area contributed by atoms with Gasteiger partial charge in [0.2, 0.25) is 0 Å². The molecule has 1 aliphatic carbocycles. The van der Waals surface area contributed by atoms with Crippen molar-refractivity contribution in [2.75, 3.05) is 5.32 Å². The molecule has 124 valence electrons. The smallest absolute Gasteiger partial charge is 0.310 e. The van der Waals surface area contributed by atoms with Gasteiger partial charge in [-0.15, -0.1) is 0 Å². The van der Waals surface area contributed by atoms with Crippen LogP contribution in [0.15, 0.2) is 24.5 Å². The summed E-state index contributed by atoms with van der Waals surface area (Å²) in [6.07, 6.45) is 3.70. The van der Waals surface area contributed by atoms with Crippen LogP contribution in [0.3, 0.4) is 0 Å². The van der Waals surface area contributed by atoms with Gasteiger partial charge in [-0.2, -0.15) is 9.37 Å². The lowest BCUT2D eigenvalue weighted by Gasteiger charge is -2.17. The Labute approximate surface area is 140 Å². The Hall–Kier alpha value is -2.50. The number of aryl methyl sites for hydroxylation is 1. The van der Waals surface area contributed by atoms with Crippen LogP contribution in [0.1, 0.15) is 48.7 Å². The maximum Gasteiger partial charge on any atom is 0.310 e. The van der Waals surface area contributed by atoms with Crippen molar-refractivity contribution >= 4 is 16.9 Å². The Kier molecular flexibility index (Phi) is 3.48. The van der Waals surface area contributed by atoms with Gasteiger partial charge in [-0.3, -0.25) is 0 Å². The monoisotopic (exact) mass is 325 g/mol. The summed E-state index contributed by atoms with van der Waals surface area (Å²) in [5.41, 5.74) is 4.78. The molecule has 4 rings (SSSR count). The first-order valence-corrected chi connectivity index (χ1v) is 8.26. The lowest BCUT2D eigenvalue weighted by molar-refractivity contribution is 0.534. The highest BCUT2D eigenvalue weighted by Crippen LogP contribution is 2.37. The Morgan fingerprint density at radius 1 is 1.25 bits per heavy atom. The number of halogens is 1. The van der Waals surface area contributed by atoms with Gasteiger partial charge in [0.15, 0.2) is 0 Å². The van der Waals surface area contributed by atoms with E-state index in [-0.39, 0.29) is 6.04 Å². The van der Waals surface area contributed by atoms with Crippen LogP contribution < -0.4 is 5.32 Å². The third-order valence-corrected chi connectivity index (χ3v) is 4.75. The van der Waals surface area contributed by atoms with Gasteiger partial charge < -0.3 is 9.88 Å². The van der Waals surface area contributed by atoms with Crippen molar-refractivity contribution in [1.82, 2.24) is 19.5 Å². The van der Waals surface area contributed by atoms with Crippen LogP contribution in [-0.2, 0) is 0 Å². The summed E-state index contributed by atoms with van der Waals surface area (Å²) in [5.74, 6) is 0.538. The molecule has 1 aromatic carbocycles. The number of nitrogens with zero attached hydrogens (tertiary/aromatic N) is 4. The highest BCUT2D eigenvalue weighted by Gasteiger charge is 2.25. The normalized spacial score (nSPS) is 15.7. The SMILES string of the molecule is Cc1nc(F)nc(N[C@@H](C)c2ccc3c(c2)ncn3C2CC2)c1C. The number of nitrogens with one attached hydrogen (secondary N) is 1. The van der Waals surface area contributed by atoms with E-state index in [1.54, 1.807) is 6.92 Å². The number of benzene rings is 1. The van der Waals surface area contributed by atoms with Gasteiger partial charge in [-0.1, -0.05) is 6.07 Å². The minimum absolute atomic E-state index is 0.00660. The van der Waals surface area contributed by atoms with Crippen molar-refractivity contribution in [3.05, 3.63) is 47.4 Å². The van der Waals surface area contributed by atoms with E-state index in [4.69, 9.17) is 0 Å². The van der Waals surface area contributed by atoms with Crippen LogP contribution in [0.2, 0.25) is 0 Å². The minimum Gasteiger partial charge on any atom is -0.363 e. The number of hydrogen-bond acceptors (Lipinski definition) is 4. The molecule has 0 spiro atoms. The van der Waals surface area contributed by atoms with Gasteiger partial charge in [-0.25, -0.2) is 9.97 Å². The molecular formula is C18H20FN5. The maximum absolute atomic E-state index is 13.5. The highest BCUT2D eigenvalue weighted by molar-refractivity contribution is 5.76. The van der Waals surface area contributed by atoms with E-state index in [2.05, 4.69) is 43.0 Å². The van der Waals surface area contributed by atoms with E-state index < -0.39 is 6.08 Å². The van der Waals surface area contributed by atoms with Crippen molar-refractivity contribution in [1.29, 1.82) is 0 Å². The molecule has 0 amide bonds. The van der Waals surface area contributed by atoms with Gasteiger partial charge in [0.05, 0.1) is 23.4 Å². The summed E-state index contributed by atoms with van der Waals surface area (Å²) in [6, 6.07) is 6.91. The van der Waals surface area contributed by atoms with E-state index in [1.807, 2.05) is 20.2 Å². The zero-order valence-electron chi connectivity index (χ0n) is 14.0. The first-order chi connectivity index (χ1) is 11.5. The molecule has 3 aromatic rings. The molecule has 1 saturated carbocycles. The van der Waals surface area contributed by atoms with Crippen LogP contribution >= 0.6 is 0 Å². The Morgan fingerprint density at radius 2 is 2.04 bits per heavy atom. The summed E-state index contributed by atoms with van der Waals surface area (Å²) >= 11 is 0. The fourth-order valence-electron chi connectivity index (χ4n) is 2.99. The molecule has 1 N–H and O–H groups in total. The van der Waals surface area contributed by atoms with Crippen LogP contribution in [0.25, 0.3) is 11.0 Å². The van der Waals surface area contributed by atoms with Crippen LogP contribution in [0, 0.1) is 19.9 Å². The van der Waals surface area contributed by atoms with Crippen molar-refractivity contribution in [3.8, 4) is 0 Å². The standard InChI is InChI=1S/C18H20FN5/c1-10-11(2)22-18(19)23-17(10)21-12(3)13-4-7-16-15(8-13)20-9-24(16)14-5-6-14/h4,7-9,12,14H,5-6H2,1-3H3,(H,21,22,23)/t12-/m0/s1. The molecule has 24 heavy (non-hydrogen) atoms. The Balaban J connectivity index is 1.62. The molecule has 0 aliphatic heterocycles. The number of hydrogen-bond donors (Lipinski definition) is 1. The third-order valence-electron chi connectivity index (χ3n) is 4.75. The summed E-state index contributed by atoms with van der Waals surface area (Å²) in [7, 11) is 0. The number of imidazole rings is 1. The lowest BCUT2D eigenvalue weighted by Crippen LogP contribution is -2.11. The molecule has 1 aliphatic rings. The molecule has 0 unspecified atom stereocenters. The topological polar surface area (TPSA) is 55.6 Å². The van der Waals surface area contributed by atoms with Crippen molar-refractivity contribution in [2.24, 2.45) is 0 Å². The number of fused-ring (bicyclic) bond motifs is 1. The third kappa shape index (κ3) is 2.62. The zero-order chi connectivity index (χ0) is 16.8. The molecule has 2 heterocycles. The van der Waals surface area contributed by atoms with Crippen LogP contribution in [-0.4, -0.2) is 19.5 Å². The molecular weight excluding hydrogens is 305 g/mol. The van der Waals surface area contributed by atoms with Crippen molar-refractivity contribution < 1.29 is 4.39 Å². The van der Waals surface area contributed by atoms with Gasteiger partial charge in [-0.05, 0) is 51.3 Å². The second-order valence-corrected chi connectivity index (χ2v) is 6.55. The average Bonchev–Trinajstić information content (AvgIpc) is 3.31. The fourth-order valence-corrected chi connectivity index (χ4v) is 2.99. The molecule has 1 fully saturated rings. The lowest BCUT2D eigenvalue weighted by atomic mass is 10.1. The van der Waals surface area contributed by atoms with Crippen LogP contribution in [0.5, 0.6) is 0 Å². The second-order valence-electron chi connectivity index (χ2n) is 6.55. The van der Waals surface area contributed by atoms with Crippen LogP contribution in [0.4, 0.5) is 10.2 Å². The summed E-state index contributed by atoms with van der Waals surface area (Å²) in [6.45, 7) is 5.71. The quantitative estimate of drug-likeness (QED) is 0.734. The Morgan fingerprint density at radius 3 is 2.79 bits per heavy atom.